The second kappa shape index (κ2) is 4.88. The summed E-state index contributed by atoms with van der Waals surface area (Å²) in [6, 6.07) is 4.20. The van der Waals surface area contributed by atoms with E-state index in [9.17, 15) is 0 Å². The van der Waals surface area contributed by atoms with Crippen LogP contribution in [0.2, 0.25) is 0 Å². The van der Waals surface area contributed by atoms with Crippen LogP contribution in [-0.2, 0) is 0 Å². The van der Waals surface area contributed by atoms with Gasteiger partial charge in [-0.15, -0.1) is 17.9 Å². The topological polar surface area (TPSA) is 0 Å². The lowest BCUT2D eigenvalue weighted by atomic mass is 10.7. The first-order valence-electron chi connectivity index (χ1n) is 2.87. The molecule has 0 bridgehead atoms. The zero-order valence-electron chi connectivity index (χ0n) is 5.45. The lowest BCUT2D eigenvalue weighted by molar-refractivity contribution is 1.76. The van der Waals surface area contributed by atoms with Crippen LogP contribution in [0.5, 0.6) is 0 Å². The van der Waals surface area contributed by atoms with Crippen LogP contribution >= 0.6 is 32.9 Å². The molecule has 0 nitrogen and oxygen atoms in total. The van der Waals surface area contributed by atoms with E-state index >= 15 is 0 Å². The molecule has 0 aliphatic carbocycles. The Labute approximate surface area is 73.1 Å². The molecule has 1 aromatic heterocycles. The van der Waals surface area contributed by atoms with E-state index in [1.165, 1.54) is 4.21 Å². The standard InChI is InChI=1S/C7H8S3/c1-2-5-9-10-7-4-3-6-8-7/h2-4,6H,1,5H2. The van der Waals surface area contributed by atoms with Gasteiger partial charge in [0.2, 0.25) is 0 Å². The summed E-state index contributed by atoms with van der Waals surface area (Å²) >= 11 is 1.78. The van der Waals surface area contributed by atoms with Crippen molar-refractivity contribution in [2.75, 3.05) is 5.75 Å². The molecule has 1 heterocycles. The smallest absolute Gasteiger partial charge is 0.0706 e. The molecule has 0 amide bonds. The van der Waals surface area contributed by atoms with E-state index in [4.69, 9.17) is 0 Å². The van der Waals surface area contributed by atoms with E-state index in [-0.39, 0.29) is 0 Å². The second-order valence-electron chi connectivity index (χ2n) is 1.59. The highest BCUT2D eigenvalue weighted by atomic mass is 33.1. The zero-order valence-corrected chi connectivity index (χ0v) is 7.90. The third kappa shape index (κ3) is 2.82. The Bertz CT molecular complexity index is 179. The average molecular weight is 188 g/mol. The first-order chi connectivity index (χ1) is 4.93. The van der Waals surface area contributed by atoms with Gasteiger partial charge in [0.15, 0.2) is 0 Å². The average Bonchev–Trinajstić information content (AvgIpc) is 2.41. The van der Waals surface area contributed by atoms with Gasteiger partial charge in [0.1, 0.15) is 0 Å². The van der Waals surface area contributed by atoms with Crippen molar-refractivity contribution in [1.29, 1.82) is 0 Å². The van der Waals surface area contributed by atoms with Crippen molar-refractivity contribution >= 4 is 32.9 Å². The van der Waals surface area contributed by atoms with E-state index in [0.717, 1.165) is 5.75 Å². The monoisotopic (exact) mass is 188 g/mol. The van der Waals surface area contributed by atoms with Gasteiger partial charge in [0, 0.05) is 5.75 Å². The molecule has 0 radical (unpaired) electrons. The fourth-order valence-electron chi connectivity index (χ4n) is 0.451. The van der Waals surface area contributed by atoms with Gasteiger partial charge in [-0.1, -0.05) is 22.9 Å². The first kappa shape index (κ1) is 8.24. The third-order valence-corrected chi connectivity index (χ3v) is 4.43. The number of hydrogen-bond donors (Lipinski definition) is 0. The Balaban J connectivity index is 2.21. The van der Waals surface area contributed by atoms with E-state index in [1.54, 1.807) is 11.3 Å². The molecular formula is C7H8S3. The van der Waals surface area contributed by atoms with Crippen LogP contribution in [0, 0.1) is 0 Å². The summed E-state index contributed by atoms with van der Waals surface area (Å²) in [6.07, 6.45) is 1.92. The molecule has 54 valence electrons. The maximum atomic E-state index is 3.65. The summed E-state index contributed by atoms with van der Waals surface area (Å²) in [6.45, 7) is 3.65. The Kier molecular flexibility index (Phi) is 4.02. The Morgan fingerprint density at radius 3 is 3.20 bits per heavy atom. The van der Waals surface area contributed by atoms with Gasteiger partial charge in [-0.3, -0.25) is 0 Å². The van der Waals surface area contributed by atoms with Gasteiger partial charge >= 0.3 is 0 Å². The van der Waals surface area contributed by atoms with Crippen molar-refractivity contribution in [3.05, 3.63) is 30.2 Å². The minimum Gasteiger partial charge on any atom is -0.137 e. The third-order valence-electron chi connectivity index (χ3n) is 0.822. The predicted molar refractivity (Wildman–Crippen MR) is 52.8 cm³/mol. The maximum Gasteiger partial charge on any atom is 0.0706 e. The van der Waals surface area contributed by atoms with Gasteiger partial charge in [0.05, 0.1) is 4.21 Å². The van der Waals surface area contributed by atoms with Gasteiger partial charge in [-0.2, -0.15) is 0 Å². The van der Waals surface area contributed by atoms with Gasteiger partial charge in [0.25, 0.3) is 0 Å². The summed E-state index contributed by atoms with van der Waals surface area (Å²) in [5.74, 6) is 1.02. The van der Waals surface area contributed by atoms with E-state index in [2.05, 4.69) is 24.1 Å². The molecule has 10 heavy (non-hydrogen) atoms. The second-order valence-corrected chi connectivity index (χ2v) is 5.18. The predicted octanol–water partition coefficient (Wildman–Crippen LogP) is 3.67. The molecule has 0 aliphatic rings. The van der Waals surface area contributed by atoms with E-state index < -0.39 is 0 Å². The molecule has 0 spiro atoms. The molecule has 0 aliphatic heterocycles. The molecule has 1 rings (SSSR count). The molecule has 0 saturated heterocycles. The van der Waals surface area contributed by atoms with Crippen molar-refractivity contribution in [2.24, 2.45) is 0 Å². The Morgan fingerprint density at radius 2 is 2.60 bits per heavy atom. The summed E-state index contributed by atoms with van der Waals surface area (Å²) in [7, 11) is 3.64. The summed E-state index contributed by atoms with van der Waals surface area (Å²) < 4.78 is 1.37. The minimum atomic E-state index is 1.02. The normalized spacial score (nSPS) is 9.60. The largest absolute Gasteiger partial charge is 0.137 e. The minimum absolute atomic E-state index is 1.02. The first-order valence-corrected chi connectivity index (χ1v) is 6.07. The van der Waals surface area contributed by atoms with Crippen molar-refractivity contribution in [3.8, 4) is 0 Å². The van der Waals surface area contributed by atoms with Crippen LogP contribution in [0.3, 0.4) is 0 Å². The number of hydrogen-bond acceptors (Lipinski definition) is 3. The summed E-state index contributed by atoms with van der Waals surface area (Å²) in [5, 5.41) is 2.09. The Hall–Kier alpha value is 0.140. The van der Waals surface area contributed by atoms with Crippen LogP contribution in [-0.4, -0.2) is 5.75 Å². The molecular weight excluding hydrogens is 180 g/mol. The van der Waals surface area contributed by atoms with Crippen molar-refractivity contribution in [3.63, 3.8) is 0 Å². The molecule has 1 aromatic rings. The quantitative estimate of drug-likeness (QED) is 0.402. The van der Waals surface area contributed by atoms with Crippen molar-refractivity contribution < 1.29 is 0 Å². The van der Waals surface area contributed by atoms with Crippen LogP contribution in [0.4, 0.5) is 0 Å². The maximum absolute atomic E-state index is 3.65. The highest BCUT2D eigenvalue weighted by Crippen LogP contribution is 2.33. The van der Waals surface area contributed by atoms with Crippen LogP contribution in [0.15, 0.2) is 34.4 Å². The fraction of sp³-hybridized carbons (Fsp3) is 0.143. The highest BCUT2D eigenvalue weighted by Gasteiger charge is 1.91. The lowest BCUT2D eigenvalue weighted by Crippen LogP contribution is -1.59. The highest BCUT2D eigenvalue weighted by molar-refractivity contribution is 8.77. The van der Waals surface area contributed by atoms with Crippen molar-refractivity contribution in [1.82, 2.24) is 0 Å². The van der Waals surface area contributed by atoms with E-state index in [0.29, 0.717) is 0 Å². The van der Waals surface area contributed by atoms with Crippen molar-refractivity contribution in [2.45, 2.75) is 4.21 Å². The molecule has 0 saturated carbocycles. The summed E-state index contributed by atoms with van der Waals surface area (Å²) in [4.78, 5) is 0. The van der Waals surface area contributed by atoms with E-state index in [1.807, 2.05) is 27.7 Å². The molecule has 0 atom stereocenters. The molecule has 0 N–H and O–H groups in total. The lowest BCUT2D eigenvalue weighted by Gasteiger charge is -1.90. The van der Waals surface area contributed by atoms with Crippen LogP contribution < -0.4 is 0 Å². The Morgan fingerprint density at radius 1 is 1.70 bits per heavy atom. The fourth-order valence-corrected chi connectivity index (χ4v) is 3.43. The van der Waals surface area contributed by atoms with Gasteiger partial charge < -0.3 is 0 Å². The molecule has 3 heteroatoms. The van der Waals surface area contributed by atoms with Gasteiger partial charge in [-0.05, 0) is 22.2 Å². The van der Waals surface area contributed by atoms with Crippen LogP contribution in [0.1, 0.15) is 0 Å². The number of thiophene rings is 1. The van der Waals surface area contributed by atoms with Crippen LogP contribution in [0.25, 0.3) is 0 Å². The molecule has 0 fully saturated rings. The molecule has 0 unspecified atom stereocenters. The number of rotatable bonds is 4. The SMILES string of the molecule is C=CCSSc1cccs1. The van der Waals surface area contributed by atoms with Gasteiger partial charge in [-0.25, -0.2) is 0 Å². The molecule has 0 aromatic carbocycles. The zero-order chi connectivity index (χ0) is 7.23. The summed E-state index contributed by atoms with van der Waals surface area (Å²) in [5.41, 5.74) is 0.